The number of nitrogens with one attached hydrogen (secondary N) is 1. The predicted molar refractivity (Wildman–Crippen MR) is 124 cm³/mol. The largest absolute Gasteiger partial charge is 0.378 e. The van der Waals surface area contributed by atoms with E-state index in [0.717, 1.165) is 16.9 Å². The first-order chi connectivity index (χ1) is 13.9. The average molecular weight is 429 g/mol. The molecule has 6 heteroatoms. The van der Waals surface area contributed by atoms with Crippen molar-refractivity contribution < 1.29 is 9.09 Å². The summed E-state index contributed by atoms with van der Waals surface area (Å²) in [5, 5.41) is 4.74. The Kier molecular flexibility index (Phi) is 7.02. The Balaban J connectivity index is 2.09. The van der Waals surface area contributed by atoms with Gasteiger partial charge in [0, 0.05) is 35.8 Å². The second-order valence-electron chi connectivity index (χ2n) is 6.89. The van der Waals surface area contributed by atoms with E-state index >= 15 is 0 Å². The molecule has 0 aromatic heterocycles. The van der Waals surface area contributed by atoms with Crippen LogP contribution < -0.4 is 15.5 Å². The van der Waals surface area contributed by atoms with Gasteiger partial charge in [-0.1, -0.05) is 41.9 Å². The van der Waals surface area contributed by atoms with Gasteiger partial charge in [-0.15, -0.1) is 0 Å². The molecule has 0 aliphatic heterocycles. The zero-order chi connectivity index (χ0) is 20.9. The lowest BCUT2D eigenvalue weighted by Gasteiger charge is -2.30. The highest BCUT2D eigenvalue weighted by molar-refractivity contribution is 7.67. The van der Waals surface area contributed by atoms with Gasteiger partial charge in [0.25, 0.3) is 7.37 Å². The van der Waals surface area contributed by atoms with Crippen molar-refractivity contribution in [1.29, 1.82) is 0 Å². The minimum atomic E-state index is -3.31. The van der Waals surface area contributed by atoms with E-state index in [-0.39, 0.29) is 0 Å². The standard InChI is InChI=1S/C23H26ClN2O2P/c1-4-28-29(27,22-16-14-21(15-17-22)26(2)3)23(18-10-12-19(24)13-11-18)25-20-8-6-5-7-9-20/h5-17,23,25H,4H2,1-3H3/t23-,29+/m1/s1. The molecule has 0 amide bonds. The summed E-state index contributed by atoms with van der Waals surface area (Å²) in [5.74, 6) is -0.549. The second kappa shape index (κ2) is 9.49. The van der Waals surface area contributed by atoms with Crippen LogP contribution in [0.4, 0.5) is 11.4 Å². The minimum absolute atomic E-state index is 0.341. The summed E-state index contributed by atoms with van der Waals surface area (Å²) in [6, 6.07) is 24.8. The molecule has 0 saturated heterocycles. The minimum Gasteiger partial charge on any atom is -0.378 e. The first kappa shape index (κ1) is 21.4. The molecule has 2 atom stereocenters. The van der Waals surface area contributed by atoms with Crippen LogP contribution in [0, 0.1) is 0 Å². The number of anilines is 2. The van der Waals surface area contributed by atoms with Gasteiger partial charge in [0.2, 0.25) is 0 Å². The molecule has 3 rings (SSSR count). The van der Waals surface area contributed by atoms with Crippen LogP contribution in [0.25, 0.3) is 0 Å². The molecule has 29 heavy (non-hydrogen) atoms. The molecule has 0 heterocycles. The van der Waals surface area contributed by atoms with Gasteiger partial charge in [0.15, 0.2) is 0 Å². The van der Waals surface area contributed by atoms with Gasteiger partial charge in [-0.2, -0.15) is 0 Å². The molecule has 0 unspecified atom stereocenters. The summed E-state index contributed by atoms with van der Waals surface area (Å²) in [5.41, 5.74) is 2.76. The molecule has 0 spiro atoms. The zero-order valence-corrected chi connectivity index (χ0v) is 18.5. The number of nitrogens with zero attached hydrogens (tertiary/aromatic N) is 1. The van der Waals surface area contributed by atoms with Crippen LogP contribution in [-0.2, 0) is 9.09 Å². The third-order valence-electron chi connectivity index (χ3n) is 4.65. The van der Waals surface area contributed by atoms with Crippen molar-refractivity contribution in [3.63, 3.8) is 0 Å². The Hall–Kier alpha value is -2.26. The van der Waals surface area contributed by atoms with Crippen molar-refractivity contribution >= 4 is 35.6 Å². The van der Waals surface area contributed by atoms with E-state index in [1.54, 1.807) is 0 Å². The maximum absolute atomic E-state index is 14.4. The fourth-order valence-electron chi connectivity index (χ4n) is 3.15. The number of halogens is 1. The Morgan fingerprint density at radius 3 is 2.14 bits per heavy atom. The summed E-state index contributed by atoms with van der Waals surface area (Å²) in [4.78, 5) is 2.01. The summed E-state index contributed by atoms with van der Waals surface area (Å²) in [7, 11) is 0.646. The van der Waals surface area contributed by atoms with Crippen molar-refractivity contribution in [2.45, 2.75) is 12.7 Å². The number of rotatable bonds is 8. The number of hydrogen-bond acceptors (Lipinski definition) is 4. The highest BCUT2D eigenvalue weighted by Gasteiger charge is 2.37. The first-order valence-electron chi connectivity index (χ1n) is 9.53. The van der Waals surface area contributed by atoms with Crippen LogP contribution in [0.1, 0.15) is 18.3 Å². The van der Waals surface area contributed by atoms with E-state index in [9.17, 15) is 4.57 Å². The number of benzene rings is 3. The molecule has 0 radical (unpaired) electrons. The molecule has 0 aliphatic rings. The molecule has 1 N–H and O–H groups in total. The van der Waals surface area contributed by atoms with Crippen LogP contribution in [0.2, 0.25) is 5.02 Å². The maximum Gasteiger partial charge on any atom is 0.258 e. The molecule has 3 aromatic carbocycles. The van der Waals surface area contributed by atoms with E-state index in [0.29, 0.717) is 16.9 Å². The highest BCUT2D eigenvalue weighted by atomic mass is 35.5. The summed E-state index contributed by atoms with van der Waals surface area (Å²) in [6.07, 6.45) is 0. The molecule has 0 bridgehead atoms. The molecule has 4 nitrogen and oxygen atoms in total. The normalized spacial score (nSPS) is 14.1. The summed E-state index contributed by atoms with van der Waals surface area (Å²) in [6.45, 7) is 2.20. The molecule has 3 aromatic rings. The van der Waals surface area contributed by atoms with Gasteiger partial charge >= 0.3 is 0 Å². The van der Waals surface area contributed by atoms with Crippen LogP contribution in [-0.4, -0.2) is 20.7 Å². The molecular weight excluding hydrogens is 403 g/mol. The fourth-order valence-corrected chi connectivity index (χ4v) is 5.70. The van der Waals surface area contributed by atoms with Crippen molar-refractivity contribution in [3.8, 4) is 0 Å². The van der Waals surface area contributed by atoms with Crippen molar-refractivity contribution in [2.24, 2.45) is 0 Å². The topological polar surface area (TPSA) is 41.6 Å². The first-order valence-corrected chi connectivity index (χ1v) is 11.6. The monoisotopic (exact) mass is 428 g/mol. The third kappa shape index (κ3) is 5.02. The smallest absolute Gasteiger partial charge is 0.258 e. The van der Waals surface area contributed by atoms with E-state index < -0.39 is 13.2 Å². The van der Waals surface area contributed by atoms with Crippen LogP contribution >= 0.6 is 19.0 Å². The van der Waals surface area contributed by atoms with Gasteiger partial charge in [0.05, 0.1) is 6.61 Å². The van der Waals surface area contributed by atoms with Crippen molar-refractivity contribution in [1.82, 2.24) is 0 Å². The molecule has 152 valence electrons. The summed E-state index contributed by atoms with van der Waals surface area (Å²) >= 11 is 6.09. The predicted octanol–water partition coefficient (Wildman–Crippen LogP) is 6.16. The van der Waals surface area contributed by atoms with Gasteiger partial charge in [-0.3, -0.25) is 4.57 Å². The van der Waals surface area contributed by atoms with E-state index in [2.05, 4.69) is 5.32 Å². The van der Waals surface area contributed by atoms with E-state index in [1.807, 2.05) is 105 Å². The Labute approximate surface area is 177 Å². The molecular formula is C23H26ClN2O2P. The van der Waals surface area contributed by atoms with Gasteiger partial charge in [-0.05, 0) is 61.0 Å². The Morgan fingerprint density at radius 2 is 1.59 bits per heavy atom. The van der Waals surface area contributed by atoms with Gasteiger partial charge in [-0.25, -0.2) is 0 Å². The zero-order valence-electron chi connectivity index (χ0n) is 16.9. The van der Waals surface area contributed by atoms with Crippen LogP contribution in [0.5, 0.6) is 0 Å². The van der Waals surface area contributed by atoms with Gasteiger partial charge in [0.1, 0.15) is 5.78 Å². The van der Waals surface area contributed by atoms with Gasteiger partial charge < -0.3 is 14.7 Å². The summed E-state index contributed by atoms with van der Waals surface area (Å²) < 4.78 is 20.3. The molecule has 0 saturated carbocycles. The third-order valence-corrected chi connectivity index (χ3v) is 7.67. The maximum atomic E-state index is 14.4. The quantitative estimate of drug-likeness (QED) is 0.436. The van der Waals surface area contributed by atoms with Crippen LogP contribution in [0.3, 0.4) is 0 Å². The lowest BCUT2D eigenvalue weighted by atomic mass is 10.2. The Morgan fingerprint density at radius 1 is 0.966 bits per heavy atom. The lowest BCUT2D eigenvalue weighted by Crippen LogP contribution is -2.21. The SMILES string of the molecule is CCO[P@@](=O)(c1ccc(N(C)C)cc1)[C@@H](Nc1ccccc1)c1ccc(Cl)cc1. The molecule has 0 fully saturated rings. The fraction of sp³-hybridized carbons (Fsp3) is 0.217. The van der Waals surface area contributed by atoms with E-state index in [1.165, 1.54) is 0 Å². The van der Waals surface area contributed by atoms with Crippen molar-refractivity contribution in [2.75, 3.05) is 30.9 Å². The van der Waals surface area contributed by atoms with Crippen molar-refractivity contribution in [3.05, 3.63) is 89.4 Å². The molecule has 0 aliphatic carbocycles. The Bertz CT molecular complexity index is 960. The number of hydrogen-bond donors (Lipinski definition) is 1. The highest BCUT2D eigenvalue weighted by Crippen LogP contribution is 2.59. The second-order valence-corrected chi connectivity index (χ2v) is 9.81. The van der Waals surface area contributed by atoms with E-state index in [4.69, 9.17) is 16.1 Å². The average Bonchev–Trinajstić information content (AvgIpc) is 2.74. The van der Waals surface area contributed by atoms with Crippen LogP contribution in [0.15, 0.2) is 78.9 Å². The lowest BCUT2D eigenvalue weighted by molar-refractivity contribution is 0.335. The number of para-hydroxylation sites is 1.